The zero-order valence-corrected chi connectivity index (χ0v) is 9.05. The maximum absolute atomic E-state index is 10.9. The first-order valence-corrected chi connectivity index (χ1v) is 5.37. The molecule has 1 fully saturated rings. The van der Waals surface area contributed by atoms with Gasteiger partial charge < -0.3 is 10.6 Å². The number of carbonyl (C=O) groups excluding carboxylic acids is 1. The highest BCUT2D eigenvalue weighted by molar-refractivity contribution is 6.31. The number of benzene rings is 1. The number of halogens is 1. The number of amides is 1. The second-order valence-electron chi connectivity index (χ2n) is 3.68. The second kappa shape index (κ2) is 4.64. The molecule has 0 bridgehead atoms. The van der Waals surface area contributed by atoms with E-state index >= 15 is 0 Å². The fourth-order valence-corrected chi connectivity index (χ4v) is 1.90. The van der Waals surface area contributed by atoms with Gasteiger partial charge in [0.05, 0.1) is 6.54 Å². The summed E-state index contributed by atoms with van der Waals surface area (Å²) in [6.07, 6.45) is 0.847. The van der Waals surface area contributed by atoms with Gasteiger partial charge in [-0.05, 0) is 18.1 Å². The van der Waals surface area contributed by atoms with Crippen LogP contribution in [0.5, 0.6) is 0 Å². The Morgan fingerprint density at radius 1 is 1.40 bits per heavy atom. The first-order chi connectivity index (χ1) is 7.25. The van der Waals surface area contributed by atoms with Gasteiger partial charge in [-0.25, -0.2) is 0 Å². The van der Waals surface area contributed by atoms with Gasteiger partial charge in [0.1, 0.15) is 0 Å². The van der Waals surface area contributed by atoms with E-state index in [0.29, 0.717) is 13.1 Å². The molecule has 3 nitrogen and oxygen atoms in total. The Labute approximate surface area is 93.8 Å². The van der Waals surface area contributed by atoms with Crippen molar-refractivity contribution >= 4 is 17.5 Å². The van der Waals surface area contributed by atoms with Gasteiger partial charge >= 0.3 is 0 Å². The molecule has 1 aromatic rings. The second-order valence-corrected chi connectivity index (χ2v) is 4.08. The zero-order valence-electron chi connectivity index (χ0n) is 8.29. The van der Waals surface area contributed by atoms with Gasteiger partial charge in [0.15, 0.2) is 0 Å². The van der Waals surface area contributed by atoms with E-state index in [4.69, 9.17) is 11.6 Å². The molecule has 2 N–H and O–H groups in total. The molecule has 80 valence electrons. The topological polar surface area (TPSA) is 41.1 Å². The fourth-order valence-electron chi connectivity index (χ4n) is 1.68. The van der Waals surface area contributed by atoms with E-state index in [1.54, 1.807) is 0 Å². The summed E-state index contributed by atoms with van der Waals surface area (Å²) in [4.78, 5) is 10.9. The first kappa shape index (κ1) is 10.5. The van der Waals surface area contributed by atoms with Crippen molar-refractivity contribution < 1.29 is 4.79 Å². The third-order valence-corrected chi connectivity index (χ3v) is 2.89. The molecule has 1 saturated heterocycles. The van der Waals surface area contributed by atoms with Crippen LogP contribution >= 0.6 is 11.6 Å². The molecule has 1 atom stereocenters. The predicted octanol–water partition coefficient (Wildman–Crippen LogP) is 0.970. The monoisotopic (exact) mass is 224 g/mol. The van der Waals surface area contributed by atoms with Crippen LogP contribution in [0.2, 0.25) is 5.02 Å². The van der Waals surface area contributed by atoms with Crippen molar-refractivity contribution in [3.8, 4) is 0 Å². The van der Waals surface area contributed by atoms with Gasteiger partial charge in [-0.15, -0.1) is 0 Å². The van der Waals surface area contributed by atoms with E-state index in [0.717, 1.165) is 17.0 Å². The molecule has 0 radical (unpaired) electrons. The summed E-state index contributed by atoms with van der Waals surface area (Å²) in [6.45, 7) is 1.07. The minimum absolute atomic E-state index is 0.0606. The van der Waals surface area contributed by atoms with Crippen LogP contribution < -0.4 is 10.6 Å². The van der Waals surface area contributed by atoms with E-state index in [1.165, 1.54) is 0 Å². The average molecular weight is 225 g/mol. The quantitative estimate of drug-likeness (QED) is 0.786. The van der Waals surface area contributed by atoms with Crippen LogP contribution in [0.3, 0.4) is 0 Å². The summed E-state index contributed by atoms with van der Waals surface area (Å²) in [5.74, 6) is 0.0606. The van der Waals surface area contributed by atoms with E-state index in [2.05, 4.69) is 10.6 Å². The Kier molecular flexibility index (Phi) is 3.23. The van der Waals surface area contributed by atoms with Crippen molar-refractivity contribution in [2.45, 2.75) is 12.5 Å². The van der Waals surface area contributed by atoms with E-state index < -0.39 is 0 Å². The largest absolute Gasteiger partial charge is 0.353 e. The molecule has 1 amide bonds. The molecule has 1 unspecified atom stereocenters. The normalized spacial score (nSPS) is 21.1. The number of hydrogen-bond acceptors (Lipinski definition) is 2. The molecule has 0 aromatic heterocycles. The Bertz CT molecular complexity index is 357. The molecular formula is C11H13ClN2O. The van der Waals surface area contributed by atoms with Gasteiger partial charge in [0.2, 0.25) is 5.91 Å². The number of rotatable bonds is 2. The van der Waals surface area contributed by atoms with Crippen LogP contribution in [-0.2, 0) is 11.2 Å². The van der Waals surface area contributed by atoms with Gasteiger partial charge in [-0.1, -0.05) is 29.8 Å². The molecule has 1 aliphatic rings. The van der Waals surface area contributed by atoms with Crippen LogP contribution in [0.1, 0.15) is 5.56 Å². The number of hydrogen-bond donors (Lipinski definition) is 2. The maximum Gasteiger partial charge on any atom is 0.234 e. The summed E-state index contributed by atoms with van der Waals surface area (Å²) in [5.41, 5.74) is 1.12. The molecule has 4 heteroatoms. The van der Waals surface area contributed by atoms with E-state index in [9.17, 15) is 4.79 Å². The molecule has 1 aliphatic heterocycles. The lowest BCUT2D eigenvalue weighted by molar-refractivity contribution is -0.121. The average Bonchev–Trinajstić information content (AvgIpc) is 2.25. The molecule has 0 saturated carbocycles. The van der Waals surface area contributed by atoms with Crippen molar-refractivity contribution in [2.75, 3.05) is 13.1 Å². The van der Waals surface area contributed by atoms with Crippen molar-refractivity contribution in [1.29, 1.82) is 0 Å². The van der Waals surface area contributed by atoms with Crippen LogP contribution in [0.4, 0.5) is 0 Å². The highest BCUT2D eigenvalue weighted by Crippen LogP contribution is 2.16. The number of nitrogens with one attached hydrogen (secondary N) is 2. The van der Waals surface area contributed by atoms with Crippen molar-refractivity contribution in [2.24, 2.45) is 0 Å². The summed E-state index contributed by atoms with van der Waals surface area (Å²) >= 11 is 6.06. The standard InChI is InChI=1S/C11H13ClN2O/c12-10-4-2-1-3-8(10)5-9-6-14-11(15)7-13-9/h1-4,9,13H,5-7H2,(H,14,15). The van der Waals surface area contributed by atoms with Crippen LogP contribution in [0.15, 0.2) is 24.3 Å². The minimum Gasteiger partial charge on any atom is -0.353 e. The number of carbonyl (C=O) groups is 1. The molecule has 1 heterocycles. The van der Waals surface area contributed by atoms with Gasteiger partial charge in [0, 0.05) is 17.6 Å². The zero-order chi connectivity index (χ0) is 10.7. The maximum atomic E-state index is 10.9. The molecular weight excluding hydrogens is 212 g/mol. The van der Waals surface area contributed by atoms with Crippen molar-refractivity contribution in [3.63, 3.8) is 0 Å². The summed E-state index contributed by atoms with van der Waals surface area (Å²) < 4.78 is 0. The Hall–Kier alpha value is -1.06. The lowest BCUT2D eigenvalue weighted by atomic mass is 10.0. The molecule has 0 aliphatic carbocycles. The Morgan fingerprint density at radius 3 is 2.87 bits per heavy atom. The predicted molar refractivity (Wildman–Crippen MR) is 60.0 cm³/mol. The van der Waals surface area contributed by atoms with Gasteiger partial charge in [0.25, 0.3) is 0 Å². The van der Waals surface area contributed by atoms with Crippen molar-refractivity contribution in [3.05, 3.63) is 34.9 Å². The van der Waals surface area contributed by atoms with Crippen LogP contribution in [0, 0.1) is 0 Å². The van der Waals surface area contributed by atoms with Crippen LogP contribution in [-0.4, -0.2) is 25.0 Å². The third kappa shape index (κ3) is 2.70. The lowest BCUT2D eigenvalue weighted by Crippen LogP contribution is -2.52. The number of piperazine rings is 1. The molecule has 15 heavy (non-hydrogen) atoms. The molecule has 2 rings (SSSR count). The molecule has 0 spiro atoms. The summed E-state index contributed by atoms with van der Waals surface area (Å²) in [6, 6.07) is 8.08. The third-order valence-electron chi connectivity index (χ3n) is 2.52. The summed E-state index contributed by atoms with van der Waals surface area (Å²) in [5, 5.41) is 6.79. The summed E-state index contributed by atoms with van der Waals surface area (Å²) in [7, 11) is 0. The smallest absolute Gasteiger partial charge is 0.234 e. The highest BCUT2D eigenvalue weighted by atomic mass is 35.5. The fraction of sp³-hybridized carbons (Fsp3) is 0.364. The molecule has 1 aromatic carbocycles. The Morgan fingerprint density at radius 2 is 2.20 bits per heavy atom. The van der Waals surface area contributed by atoms with Gasteiger partial charge in [-0.3, -0.25) is 4.79 Å². The van der Waals surface area contributed by atoms with E-state index in [1.807, 2.05) is 24.3 Å². The first-order valence-electron chi connectivity index (χ1n) is 4.99. The Balaban J connectivity index is 1.97. The minimum atomic E-state index is 0.0606. The van der Waals surface area contributed by atoms with Gasteiger partial charge in [-0.2, -0.15) is 0 Å². The van der Waals surface area contributed by atoms with E-state index in [-0.39, 0.29) is 11.9 Å². The van der Waals surface area contributed by atoms with Crippen LogP contribution in [0.25, 0.3) is 0 Å². The highest BCUT2D eigenvalue weighted by Gasteiger charge is 2.17. The lowest BCUT2D eigenvalue weighted by Gasteiger charge is -2.24. The van der Waals surface area contributed by atoms with Crippen molar-refractivity contribution in [1.82, 2.24) is 10.6 Å². The SMILES string of the molecule is O=C1CNC(Cc2ccccc2Cl)CN1.